The Bertz CT molecular complexity index is 457. The van der Waals surface area contributed by atoms with E-state index in [-0.39, 0.29) is 0 Å². The molecule has 2 nitrogen and oxygen atoms in total. The van der Waals surface area contributed by atoms with Crippen LogP contribution < -0.4 is 5.14 Å². The number of hydrogen-bond donors (Lipinski definition) is 1. The second-order valence-electron chi connectivity index (χ2n) is 6.08. The molecule has 3 heteroatoms. The van der Waals surface area contributed by atoms with Crippen molar-refractivity contribution in [3.63, 3.8) is 0 Å². The van der Waals surface area contributed by atoms with Crippen LogP contribution in [0.1, 0.15) is 53.0 Å². The molecule has 1 rings (SSSR count). The lowest BCUT2D eigenvalue weighted by Crippen LogP contribution is -2.23. The first kappa shape index (κ1) is 21.8. The van der Waals surface area contributed by atoms with Crippen LogP contribution in [-0.2, 0) is 0 Å². The largest absolute Gasteiger partial charge is 0.372 e. The molecule has 0 amide bonds. The van der Waals surface area contributed by atoms with E-state index in [9.17, 15) is 0 Å². The topological polar surface area (TPSA) is 29.3 Å². The lowest BCUT2D eigenvalue weighted by atomic mass is 10.1. The molecule has 2 N–H and O–H groups in total. The lowest BCUT2D eigenvalue weighted by molar-refractivity contribution is 0.397. The fraction of sp³-hybridized carbons (Fsp3) is 0.500. The first-order valence-corrected chi connectivity index (χ1v) is 9.31. The quantitative estimate of drug-likeness (QED) is 0.469. The van der Waals surface area contributed by atoms with E-state index in [0.717, 1.165) is 36.5 Å². The van der Waals surface area contributed by atoms with E-state index in [0.29, 0.717) is 5.92 Å². The SMILES string of the molecule is C=C(C)C(C)C.C=C(c1ccc(SN)cc1)N(CCC)CCC. The summed E-state index contributed by atoms with van der Waals surface area (Å²) in [4.78, 5) is 3.43. The summed E-state index contributed by atoms with van der Waals surface area (Å²) in [5, 5.41) is 5.52. The zero-order valence-electron chi connectivity index (χ0n) is 15.6. The molecule has 1 aromatic rings. The molecule has 0 aliphatic heterocycles. The second-order valence-corrected chi connectivity index (χ2v) is 6.78. The van der Waals surface area contributed by atoms with E-state index in [1.54, 1.807) is 0 Å². The Kier molecular flexibility index (Phi) is 11.6. The summed E-state index contributed by atoms with van der Waals surface area (Å²) in [5.74, 6) is 0.657. The van der Waals surface area contributed by atoms with E-state index < -0.39 is 0 Å². The minimum absolute atomic E-state index is 0.657. The molecule has 0 heterocycles. The van der Waals surface area contributed by atoms with Gasteiger partial charge < -0.3 is 4.90 Å². The van der Waals surface area contributed by atoms with Crippen LogP contribution in [0, 0.1) is 5.92 Å². The van der Waals surface area contributed by atoms with Gasteiger partial charge in [-0.1, -0.05) is 58.6 Å². The molecule has 0 spiro atoms. The standard InChI is InChI=1S/C14H22N2S.C6H12/c1-4-10-16(11-5-2)12(3)13-6-8-14(17-15)9-7-13;1-5(2)6(3)4/h6-9H,3-5,10-11,15H2,1-2H3;6H,1H2,2-4H3. The van der Waals surface area contributed by atoms with Crippen molar-refractivity contribution in [1.82, 2.24) is 4.90 Å². The van der Waals surface area contributed by atoms with E-state index >= 15 is 0 Å². The van der Waals surface area contributed by atoms with E-state index in [1.165, 1.54) is 23.1 Å². The maximum Gasteiger partial charge on any atom is 0.0366 e. The summed E-state index contributed by atoms with van der Waals surface area (Å²) < 4.78 is 0. The average molecular weight is 335 g/mol. The van der Waals surface area contributed by atoms with Gasteiger partial charge in [0.25, 0.3) is 0 Å². The predicted octanol–water partition coefficient (Wildman–Crippen LogP) is 5.96. The average Bonchev–Trinajstić information content (AvgIpc) is 2.54. The van der Waals surface area contributed by atoms with Gasteiger partial charge in [-0.2, -0.15) is 0 Å². The number of nitrogens with two attached hydrogens (primary N) is 1. The summed E-state index contributed by atoms with van der Waals surface area (Å²) in [5.41, 5.74) is 3.56. The minimum Gasteiger partial charge on any atom is -0.372 e. The van der Waals surface area contributed by atoms with Crippen molar-refractivity contribution in [2.24, 2.45) is 11.1 Å². The van der Waals surface area contributed by atoms with Gasteiger partial charge in [-0.15, -0.1) is 0 Å². The number of rotatable bonds is 8. The summed E-state index contributed by atoms with van der Waals surface area (Å²) in [6.07, 6.45) is 2.30. The Morgan fingerprint density at radius 2 is 1.52 bits per heavy atom. The highest BCUT2D eigenvalue weighted by Crippen LogP contribution is 2.21. The Morgan fingerprint density at radius 3 is 1.83 bits per heavy atom. The third-order valence-electron chi connectivity index (χ3n) is 3.68. The number of allylic oxidation sites excluding steroid dienone is 1. The first-order valence-electron chi connectivity index (χ1n) is 8.43. The van der Waals surface area contributed by atoms with Gasteiger partial charge >= 0.3 is 0 Å². The second kappa shape index (κ2) is 12.3. The molecule has 23 heavy (non-hydrogen) atoms. The van der Waals surface area contributed by atoms with Crippen molar-refractivity contribution in [3.8, 4) is 0 Å². The minimum atomic E-state index is 0.657. The highest BCUT2D eigenvalue weighted by Gasteiger charge is 2.07. The van der Waals surface area contributed by atoms with Crippen LogP contribution in [0.3, 0.4) is 0 Å². The molecule has 0 aliphatic rings. The predicted molar refractivity (Wildman–Crippen MR) is 107 cm³/mol. The Labute approximate surface area is 148 Å². The molecule has 0 unspecified atom stereocenters. The Morgan fingerprint density at radius 1 is 1.09 bits per heavy atom. The van der Waals surface area contributed by atoms with Crippen molar-refractivity contribution < 1.29 is 0 Å². The number of benzene rings is 1. The third-order valence-corrected chi connectivity index (χ3v) is 4.22. The fourth-order valence-corrected chi connectivity index (χ4v) is 2.12. The highest BCUT2D eigenvalue weighted by atomic mass is 32.2. The van der Waals surface area contributed by atoms with Crippen molar-refractivity contribution in [2.75, 3.05) is 13.1 Å². The maximum atomic E-state index is 5.52. The van der Waals surface area contributed by atoms with E-state index in [4.69, 9.17) is 5.14 Å². The molecule has 0 fully saturated rings. The number of nitrogens with zero attached hydrogens (tertiary/aromatic N) is 1. The molecule has 0 aliphatic carbocycles. The van der Waals surface area contributed by atoms with Gasteiger partial charge in [0.05, 0.1) is 0 Å². The van der Waals surface area contributed by atoms with E-state index in [2.05, 4.69) is 57.9 Å². The van der Waals surface area contributed by atoms with Crippen LogP contribution in [0.5, 0.6) is 0 Å². The van der Waals surface area contributed by atoms with Gasteiger partial charge in [-0.3, -0.25) is 5.14 Å². The summed E-state index contributed by atoms with van der Waals surface area (Å²) in [7, 11) is 0. The van der Waals surface area contributed by atoms with Gasteiger partial charge in [0, 0.05) is 23.7 Å². The Hall–Kier alpha value is -1.19. The third kappa shape index (κ3) is 8.87. The summed E-state index contributed by atoms with van der Waals surface area (Å²) >= 11 is 1.27. The molecule has 1 aromatic carbocycles. The van der Waals surface area contributed by atoms with Crippen molar-refractivity contribution in [3.05, 3.63) is 48.6 Å². The molecule has 0 atom stereocenters. The summed E-state index contributed by atoms with van der Waals surface area (Å²) in [6, 6.07) is 8.27. The van der Waals surface area contributed by atoms with Crippen molar-refractivity contribution in [2.45, 2.75) is 52.4 Å². The molecule has 0 saturated heterocycles. The van der Waals surface area contributed by atoms with Gasteiger partial charge in [0.2, 0.25) is 0 Å². The van der Waals surface area contributed by atoms with Gasteiger partial charge in [0.1, 0.15) is 0 Å². The monoisotopic (exact) mass is 334 g/mol. The van der Waals surface area contributed by atoms with Crippen LogP contribution in [0.4, 0.5) is 0 Å². The number of hydrogen-bond acceptors (Lipinski definition) is 3. The van der Waals surface area contributed by atoms with Gasteiger partial charge in [0.15, 0.2) is 0 Å². The molecular formula is C20H34N2S. The lowest BCUT2D eigenvalue weighted by Gasteiger charge is -2.26. The fourth-order valence-electron chi connectivity index (χ4n) is 1.83. The normalized spacial score (nSPS) is 10.0. The van der Waals surface area contributed by atoms with Crippen LogP contribution in [-0.4, -0.2) is 18.0 Å². The van der Waals surface area contributed by atoms with Crippen LogP contribution >= 0.6 is 11.9 Å². The van der Waals surface area contributed by atoms with Gasteiger partial charge in [-0.25, -0.2) is 0 Å². The van der Waals surface area contributed by atoms with Crippen LogP contribution in [0.25, 0.3) is 5.70 Å². The zero-order chi connectivity index (χ0) is 17.8. The zero-order valence-corrected chi connectivity index (χ0v) is 16.4. The van der Waals surface area contributed by atoms with Crippen LogP contribution in [0.2, 0.25) is 0 Å². The maximum absolute atomic E-state index is 5.52. The van der Waals surface area contributed by atoms with Crippen LogP contribution in [0.15, 0.2) is 47.9 Å². The van der Waals surface area contributed by atoms with Crippen molar-refractivity contribution >= 4 is 17.6 Å². The summed E-state index contributed by atoms with van der Waals surface area (Å²) in [6.45, 7) is 20.8. The highest BCUT2D eigenvalue weighted by molar-refractivity contribution is 7.97. The van der Waals surface area contributed by atoms with Gasteiger partial charge in [-0.05, 0) is 55.3 Å². The Balaban J connectivity index is 0.000000688. The molecule has 0 aromatic heterocycles. The molecule has 0 saturated carbocycles. The first-order chi connectivity index (χ1) is 10.9. The molecule has 0 bridgehead atoms. The van der Waals surface area contributed by atoms with Crippen molar-refractivity contribution in [1.29, 1.82) is 0 Å². The molecule has 130 valence electrons. The molecular weight excluding hydrogens is 300 g/mol. The smallest absolute Gasteiger partial charge is 0.0366 e. The van der Waals surface area contributed by atoms with E-state index in [1.807, 2.05) is 19.1 Å². The molecule has 0 radical (unpaired) electrons.